The van der Waals surface area contributed by atoms with Gasteiger partial charge in [0.1, 0.15) is 18.0 Å². The Morgan fingerprint density at radius 1 is 1.37 bits per heavy atom. The van der Waals surface area contributed by atoms with Gasteiger partial charge in [-0.15, -0.1) is 11.3 Å². The predicted molar refractivity (Wildman–Crippen MR) is 112 cm³/mol. The predicted octanol–water partition coefficient (Wildman–Crippen LogP) is 1.86. The molecule has 5 rings (SSSR count). The highest BCUT2D eigenvalue weighted by atomic mass is 32.1. The highest BCUT2D eigenvalue weighted by Gasteiger charge is 2.32. The first-order valence-electron chi connectivity index (χ1n) is 10.0. The lowest BCUT2D eigenvalue weighted by Gasteiger charge is -2.36. The van der Waals surface area contributed by atoms with Gasteiger partial charge in [-0.1, -0.05) is 6.07 Å². The normalized spacial score (nSPS) is 21.4. The molecular formula is C21H22N4O4S. The average Bonchev–Trinajstić information content (AvgIpc) is 3.31. The summed E-state index contributed by atoms with van der Waals surface area (Å²) in [4.78, 5) is 31.3. The molecule has 4 heterocycles. The van der Waals surface area contributed by atoms with Gasteiger partial charge in [-0.25, -0.2) is 4.98 Å². The van der Waals surface area contributed by atoms with Gasteiger partial charge >= 0.3 is 0 Å². The first-order chi connectivity index (χ1) is 14.5. The van der Waals surface area contributed by atoms with Gasteiger partial charge in [-0.3, -0.25) is 14.0 Å². The number of β-amino-alcohol motifs (C(OH)–C–C–N with tert-alkyl or cyclic N) is 1. The van der Waals surface area contributed by atoms with Crippen LogP contribution in [0.25, 0.3) is 4.96 Å². The van der Waals surface area contributed by atoms with E-state index in [0.29, 0.717) is 25.1 Å². The van der Waals surface area contributed by atoms with Crippen LogP contribution in [-0.4, -0.2) is 56.5 Å². The number of benzene rings is 1. The molecule has 2 amide bonds. The number of aliphatic hydroxyl groups is 1. The number of ether oxygens (including phenoxy) is 1. The molecule has 156 valence electrons. The van der Waals surface area contributed by atoms with Crippen molar-refractivity contribution in [2.24, 2.45) is 0 Å². The summed E-state index contributed by atoms with van der Waals surface area (Å²) >= 11 is 1.53. The Labute approximate surface area is 177 Å². The maximum atomic E-state index is 12.7. The number of thiazole rings is 1. The second kappa shape index (κ2) is 7.73. The molecule has 3 aromatic rings. The van der Waals surface area contributed by atoms with Gasteiger partial charge < -0.3 is 20.1 Å². The van der Waals surface area contributed by atoms with Crippen molar-refractivity contribution in [3.05, 3.63) is 47.2 Å². The average molecular weight is 426 g/mol. The van der Waals surface area contributed by atoms with Gasteiger partial charge in [-0.05, 0) is 18.1 Å². The standard InChI is InChI=1S/C21H22N4O4S/c26-17-12-24(20(28)9-14-11-25-7-8-30-21(25)22-14)6-5-18(17)29-15-3-1-13-2-4-19(27)23-16(13)10-15/h1,3,7-8,10-11,17-18,26H,2,4-6,9,12H2,(H,23,27)/t17-,18-/m1/s1. The van der Waals surface area contributed by atoms with Crippen molar-refractivity contribution >= 4 is 33.8 Å². The van der Waals surface area contributed by atoms with Crippen LogP contribution >= 0.6 is 11.3 Å². The number of likely N-dealkylation sites (tertiary alicyclic amines) is 1. The number of hydrogen-bond donors (Lipinski definition) is 2. The van der Waals surface area contributed by atoms with Gasteiger partial charge in [-0.2, -0.15) is 0 Å². The van der Waals surface area contributed by atoms with E-state index in [1.54, 1.807) is 11.0 Å². The van der Waals surface area contributed by atoms with E-state index < -0.39 is 12.2 Å². The largest absolute Gasteiger partial charge is 0.488 e. The van der Waals surface area contributed by atoms with Crippen molar-refractivity contribution in [1.29, 1.82) is 0 Å². The number of amides is 2. The Balaban J connectivity index is 1.19. The summed E-state index contributed by atoms with van der Waals surface area (Å²) in [5.74, 6) is 0.566. The third-order valence-corrected chi connectivity index (χ3v) is 6.38. The number of imidazole rings is 1. The molecule has 0 bridgehead atoms. The number of aromatic nitrogens is 2. The Morgan fingerprint density at radius 2 is 2.27 bits per heavy atom. The third kappa shape index (κ3) is 3.78. The van der Waals surface area contributed by atoms with Crippen LogP contribution in [0, 0.1) is 0 Å². The summed E-state index contributed by atoms with van der Waals surface area (Å²) in [6.45, 7) is 0.748. The van der Waals surface area contributed by atoms with E-state index in [0.717, 1.165) is 28.3 Å². The van der Waals surface area contributed by atoms with E-state index in [9.17, 15) is 14.7 Å². The molecule has 0 radical (unpaired) electrons. The zero-order valence-electron chi connectivity index (χ0n) is 16.3. The number of aryl methyl sites for hydroxylation is 1. The fraction of sp³-hybridized carbons (Fsp3) is 0.381. The lowest BCUT2D eigenvalue weighted by molar-refractivity contribution is -0.136. The summed E-state index contributed by atoms with van der Waals surface area (Å²) < 4.78 is 7.90. The number of anilines is 1. The SMILES string of the molecule is O=C1CCc2ccc(O[C@@H]3CCN(C(=O)Cc4cn5ccsc5n4)C[C@H]3O)cc2N1. The molecule has 0 aliphatic carbocycles. The van der Waals surface area contributed by atoms with Crippen LogP contribution in [0.2, 0.25) is 0 Å². The van der Waals surface area contributed by atoms with Crippen molar-refractivity contribution in [1.82, 2.24) is 14.3 Å². The molecule has 2 aliphatic heterocycles. The minimum atomic E-state index is -0.779. The van der Waals surface area contributed by atoms with Gasteiger partial charge in [0.15, 0.2) is 4.96 Å². The maximum Gasteiger partial charge on any atom is 0.228 e. The summed E-state index contributed by atoms with van der Waals surface area (Å²) in [5, 5.41) is 15.4. The highest BCUT2D eigenvalue weighted by Crippen LogP contribution is 2.29. The maximum absolute atomic E-state index is 12.7. The smallest absolute Gasteiger partial charge is 0.228 e. The Morgan fingerprint density at radius 3 is 3.10 bits per heavy atom. The lowest BCUT2D eigenvalue weighted by atomic mass is 10.0. The first kappa shape index (κ1) is 19.1. The molecule has 0 unspecified atom stereocenters. The molecule has 30 heavy (non-hydrogen) atoms. The zero-order chi connectivity index (χ0) is 20.7. The number of nitrogens with zero attached hydrogens (tertiary/aromatic N) is 3. The minimum Gasteiger partial charge on any atom is -0.488 e. The molecule has 2 aromatic heterocycles. The minimum absolute atomic E-state index is 0.00376. The topological polar surface area (TPSA) is 96.2 Å². The van der Waals surface area contributed by atoms with Crippen LogP contribution < -0.4 is 10.1 Å². The van der Waals surface area contributed by atoms with E-state index in [2.05, 4.69) is 10.3 Å². The molecule has 1 aromatic carbocycles. The monoisotopic (exact) mass is 426 g/mol. The van der Waals surface area contributed by atoms with Gasteiger partial charge in [0.2, 0.25) is 11.8 Å². The summed E-state index contributed by atoms with van der Waals surface area (Å²) in [7, 11) is 0. The first-order valence-corrected chi connectivity index (χ1v) is 10.9. The number of piperidine rings is 1. The Hall–Kier alpha value is -2.91. The van der Waals surface area contributed by atoms with Crippen LogP contribution in [0.1, 0.15) is 24.1 Å². The molecule has 0 saturated carbocycles. The molecular weight excluding hydrogens is 404 g/mol. The van der Waals surface area contributed by atoms with Crippen LogP contribution in [0.3, 0.4) is 0 Å². The number of aliphatic hydroxyl groups excluding tert-OH is 1. The van der Waals surface area contributed by atoms with E-state index in [1.807, 2.05) is 34.3 Å². The van der Waals surface area contributed by atoms with Crippen molar-refractivity contribution in [3.63, 3.8) is 0 Å². The Bertz CT molecular complexity index is 1080. The van der Waals surface area contributed by atoms with Crippen LogP contribution in [0.4, 0.5) is 5.69 Å². The van der Waals surface area contributed by atoms with Gasteiger partial charge in [0, 0.05) is 48.9 Å². The number of hydrogen-bond acceptors (Lipinski definition) is 6. The Kier molecular flexibility index (Phi) is 4.92. The fourth-order valence-electron chi connectivity index (χ4n) is 4.00. The molecule has 2 N–H and O–H groups in total. The quantitative estimate of drug-likeness (QED) is 0.664. The van der Waals surface area contributed by atoms with Crippen LogP contribution in [-0.2, 0) is 22.4 Å². The van der Waals surface area contributed by atoms with Crippen molar-refractivity contribution in [2.75, 3.05) is 18.4 Å². The molecule has 9 heteroatoms. The van der Waals surface area contributed by atoms with E-state index in [1.165, 1.54) is 11.3 Å². The molecule has 1 fully saturated rings. The van der Waals surface area contributed by atoms with E-state index >= 15 is 0 Å². The summed E-state index contributed by atoms with van der Waals surface area (Å²) in [6, 6.07) is 5.62. The summed E-state index contributed by atoms with van der Waals surface area (Å²) in [6.07, 6.45) is 4.58. The van der Waals surface area contributed by atoms with Crippen molar-refractivity contribution in [3.8, 4) is 5.75 Å². The molecule has 8 nitrogen and oxygen atoms in total. The molecule has 1 saturated heterocycles. The van der Waals surface area contributed by atoms with E-state index in [4.69, 9.17) is 4.74 Å². The number of fused-ring (bicyclic) bond motifs is 2. The lowest BCUT2D eigenvalue weighted by Crippen LogP contribution is -2.51. The van der Waals surface area contributed by atoms with E-state index in [-0.39, 0.29) is 24.8 Å². The van der Waals surface area contributed by atoms with Crippen molar-refractivity contribution < 1.29 is 19.4 Å². The second-order valence-electron chi connectivity index (χ2n) is 7.72. The second-order valence-corrected chi connectivity index (χ2v) is 8.59. The number of nitrogens with one attached hydrogen (secondary N) is 1. The van der Waals surface area contributed by atoms with Gasteiger partial charge in [0.05, 0.1) is 18.7 Å². The fourth-order valence-corrected chi connectivity index (χ4v) is 4.72. The van der Waals surface area contributed by atoms with Gasteiger partial charge in [0.25, 0.3) is 0 Å². The van der Waals surface area contributed by atoms with Crippen molar-refractivity contribution in [2.45, 2.75) is 37.9 Å². The molecule has 2 aliphatic rings. The zero-order valence-corrected chi connectivity index (χ0v) is 17.1. The molecule has 2 atom stereocenters. The van der Waals surface area contributed by atoms with Crippen LogP contribution in [0.5, 0.6) is 5.75 Å². The van der Waals surface area contributed by atoms with Crippen LogP contribution in [0.15, 0.2) is 36.0 Å². The molecule has 0 spiro atoms. The summed E-state index contributed by atoms with van der Waals surface area (Å²) in [5.41, 5.74) is 2.59. The highest BCUT2D eigenvalue weighted by molar-refractivity contribution is 7.15. The number of carbonyl (C=O) groups excluding carboxylic acids is 2. The third-order valence-electron chi connectivity index (χ3n) is 5.61. The number of carbonyl (C=O) groups is 2. The number of rotatable bonds is 4.